The molecule has 254 valence electrons. The normalized spacial score (nSPS) is 11.1. The fraction of sp³-hybridized carbons (Fsp3) is 0.771. The van der Waals surface area contributed by atoms with Crippen LogP contribution in [-0.4, -0.2) is 81.2 Å². The fourth-order valence-corrected chi connectivity index (χ4v) is 4.85. The van der Waals surface area contributed by atoms with Crippen LogP contribution in [0.1, 0.15) is 124 Å². The summed E-state index contributed by atoms with van der Waals surface area (Å²) in [7, 11) is 2.16. The molecule has 0 bridgehead atoms. The van der Waals surface area contributed by atoms with Gasteiger partial charge in [-0.2, -0.15) is 0 Å². The van der Waals surface area contributed by atoms with E-state index in [1.54, 1.807) is 13.8 Å². The van der Waals surface area contributed by atoms with Crippen molar-refractivity contribution in [3.05, 3.63) is 24.3 Å². The van der Waals surface area contributed by atoms with E-state index in [0.29, 0.717) is 28.7 Å². The van der Waals surface area contributed by atoms with Crippen molar-refractivity contribution in [2.75, 3.05) is 53.0 Å². The largest absolute Gasteiger partial charge is 0.462 e. The van der Waals surface area contributed by atoms with E-state index in [-0.39, 0.29) is 37.9 Å². The first-order valence-corrected chi connectivity index (χ1v) is 17.0. The number of hydrogen-bond acceptors (Lipinski definition) is 6. The molecule has 0 saturated heterocycles. The second-order valence-electron chi connectivity index (χ2n) is 12.4. The van der Waals surface area contributed by atoms with E-state index < -0.39 is 11.9 Å². The van der Waals surface area contributed by atoms with Crippen LogP contribution in [0, 0.1) is 0 Å². The molecule has 9 nitrogen and oxygen atoms in total. The monoisotopic (exact) mass is 622 g/mol. The molecule has 44 heavy (non-hydrogen) atoms. The van der Waals surface area contributed by atoms with Crippen molar-refractivity contribution >= 4 is 23.8 Å². The number of rotatable bonds is 29. The SMILES string of the molecule is C=C(C)C(=O)OCCC(=O)NCC[N+](C)(CCCCCCCCCCCCCCCC)CCNC(=O)CCOC(=O)C(=C)C. The third-order valence-electron chi connectivity index (χ3n) is 7.82. The molecule has 0 aliphatic rings. The van der Waals surface area contributed by atoms with E-state index >= 15 is 0 Å². The van der Waals surface area contributed by atoms with Gasteiger partial charge in [-0.05, 0) is 26.7 Å². The third-order valence-corrected chi connectivity index (χ3v) is 7.82. The summed E-state index contributed by atoms with van der Waals surface area (Å²) in [4.78, 5) is 47.5. The van der Waals surface area contributed by atoms with Gasteiger partial charge in [0.15, 0.2) is 0 Å². The van der Waals surface area contributed by atoms with Crippen molar-refractivity contribution in [2.24, 2.45) is 0 Å². The number of esters is 2. The number of nitrogens with one attached hydrogen (secondary N) is 2. The lowest BCUT2D eigenvalue weighted by Crippen LogP contribution is -2.52. The van der Waals surface area contributed by atoms with E-state index in [1.165, 1.54) is 83.5 Å². The van der Waals surface area contributed by atoms with Crippen molar-refractivity contribution in [1.29, 1.82) is 0 Å². The summed E-state index contributed by atoms with van der Waals surface area (Å²) < 4.78 is 10.7. The highest BCUT2D eigenvalue weighted by Crippen LogP contribution is 2.14. The van der Waals surface area contributed by atoms with Crippen molar-refractivity contribution in [3.8, 4) is 0 Å². The van der Waals surface area contributed by atoms with E-state index in [9.17, 15) is 19.2 Å². The maximum atomic E-state index is 12.2. The number of likely N-dealkylation sites (N-methyl/N-ethyl adjacent to an activating group) is 1. The predicted octanol–water partition coefficient (Wildman–Crippen LogP) is 6.17. The van der Waals surface area contributed by atoms with Gasteiger partial charge in [0.2, 0.25) is 11.8 Å². The first-order chi connectivity index (χ1) is 21.0. The van der Waals surface area contributed by atoms with E-state index in [4.69, 9.17) is 9.47 Å². The summed E-state index contributed by atoms with van der Waals surface area (Å²) >= 11 is 0. The lowest BCUT2D eigenvalue weighted by atomic mass is 10.0. The van der Waals surface area contributed by atoms with E-state index in [1.807, 2.05) is 0 Å². The fourth-order valence-electron chi connectivity index (χ4n) is 4.85. The van der Waals surface area contributed by atoms with Crippen LogP contribution in [0.15, 0.2) is 24.3 Å². The van der Waals surface area contributed by atoms with Gasteiger partial charge in [-0.3, -0.25) is 9.59 Å². The number of nitrogens with zero attached hydrogens (tertiary/aromatic N) is 1. The molecule has 0 saturated carbocycles. The highest BCUT2D eigenvalue weighted by atomic mass is 16.5. The molecular weight excluding hydrogens is 558 g/mol. The van der Waals surface area contributed by atoms with Gasteiger partial charge < -0.3 is 24.6 Å². The zero-order chi connectivity index (χ0) is 33.1. The Morgan fingerprint density at radius 1 is 0.568 bits per heavy atom. The Bertz CT molecular complexity index is 807. The number of quaternary nitrogens is 1. The Morgan fingerprint density at radius 2 is 0.909 bits per heavy atom. The van der Waals surface area contributed by atoms with Gasteiger partial charge in [0.05, 0.1) is 52.6 Å². The van der Waals surface area contributed by atoms with Crippen LogP contribution in [-0.2, 0) is 28.7 Å². The second kappa shape index (κ2) is 26.7. The lowest BCUT2D eigenvalue weighted by Gasteiger charge is -2.35. The van der Waals surface area contributed by atoms with Crippen molar-refractivity contribution in [2.45, 2.75) is 124 Å². The Morgan fingerprint density at radius 3 is 1.25 bits per heavy atom. The smallest absolute Gasteiger partial charge is 0.333 e. The molecule has 0 aromatic carbocycles. The van der Waals surface area contributed by atoms with Gasteiger partial charge in [0.25, 0.3) is 0 Å². The molecule has 0 aromatic heterocycles. The Balaban J connectivity index is 4.43. The number of hydrogen-bond donors (Lipinski definition) is 2. The van der Waals surface area contributed by atoms with Crippen LogP contribution in [0.5, 0.6) is 0 Å². The summed E-state index contributed by atoms with van der Waals surface area (Å²) in [6.07, 6.45) is 18.6. The van der Waals surface area contributed by atoms with Crippen LogP contribution in [0.25, 0.3) is 0 Å². The van der Waals surface area contributed by atoms with Gasteiger partial charge >= 0.3 is 11.9 Å². The summed E-state index contributed by atoms with van der Waals surface area (Å²) in [6.45, 7) is 15.9. The summed E-state index contributed by atoms with van der Waals surface area (Å²) in [6, 6.07) is 0. The minimum absolute atomic E-state index is 0.0242. The van der Waals surface area contributed by atoms with Crippen LogP contribution < -0.4 is 10.6 Å². The van der Waals surface area contributed by atoms with Crippen LogP contribution >= 0.6 is 0 Å². The number of carbonyl (C=O) groups excluding carboxylic acids is 4. The average molecular weight is 623 g/mol. The Labute approximate surface area is 268 Å². The number of carbonyl (C=O) groups is 4. The van der Waals surface area contributed by atoms with E-state index in [2.05, 4.69) is 37.8 Å². The maximum Gasteiger partial charge on any atom is 0.333 e. The Hall–Kier alpha value is -2.68. The Kier molecular flexibility index (Phi) is 25.1. The third kappa shape index (κ3) is 24.7. The van der Waals surface area contributed by atoms with Gasteiger partial charge in [-0.15, -0.1) is 0 Å². The molecule has 2 N–H and O–H groups in total. The lowest BCUT2D eigenvalue weighted by molar-refractivity contribution is -0.907. The highest BCUT2D eigenvalue weighted by Gasteiger charge is 2.21. The van der Waals surface area contributed by atoms with Crippen molar-refractivity contribution in [1.82, 2.24) is 10.6 Å². The topological polar surface area (TPSA) is 111 Å². The predicted molar refractivity (Wildman–Crippen MR) is 178 cm³/mol. The number of ether oxygens (including phenoxy) is 2. The van der Waals surface area contributed by atoms with Crippen LogP contribution in [0.2, 0.25) is 0 Å². The van der Waals surface area contributed by atoms with Gasteiger partial charge in [-0.25, -0.2) is 9.59 Å². The molecule has 0 fully saturated rings. The molecule has 0 aliphatic carbocycles. The molecule has 0 radical (unpaired) electrons. The molecule has 0 aromatic rings. The number of amides is 2. The van der Waals surface area contributed by atoms with Gasteiger partial charge in [-0.1, -0.05) is 97.1 Å². The second-order valence-corrected chi connectivity index (χ2v) is 12.4. The summed E-state index contributed by atoms with van der Waals surface area (Å²) in [5, 5.41) is 5.86. The molecule has 9 heteroatoms. The standard InChI is InChI=1S/C35H63N3O6/c1-7-8-9-10-11-12-13-14-15-16-17-18-19-20-25-38(6,26-23-36-32(39)21-28-43-34(41)30(2)3)27-24-37-33(40)22-29-44-35(42)31(4)5/h2,4,7-29H2,1,3,5-6H3,(H-,36,37,39,40)/p+1. The zero-order valence-electron chi connectivity index (χ0n) is 28.6. The number of unbranched alkanes of at least 4 members (excludes halogenated alkanes) is 13. The molecule has 0 heterocycles. The first kappa shape index (κ1) is 41.3. The van der Waals surface area contributed by atoms with Crippen LogP contribution in [0.4, 0.5) is 0 Å². The molecule has 0 rings (SSSR count). The minimum Gasteiger partial charge on any atom is -0.462 e. The van der Waals surface area contributed by atoms with Gasteiger partial charge in [0.1, 0.15) is 13.2 Å². The average Bonchev–Trinajstić information content (AvgIpc) is 2.97. The zero-order valence-corrected chi connectivity index (χ0v) is 28.6. The minimum atomic E-state index is -0.494. The summed E-state index contributed by atoms with van der Waals surface area (Å²) in [5.41, 5.74) is 0.615. The molecule has 0 spiro atoms. The maximum absolute atomic E-state index is 12.2. The van der Waals surface area contributed by atoms with E-state index in [0.717, 1.165) is 26.1 Å². The first-order valence-electron chi connectivity index (χ1n) is 17.0. The van der Waals surface area contributed by atoms with Gasteiger partial charge in [0, 0.05) is 11.1 Å². The molecular formula is C35H64N3O6+. The molecule has 0 aliphatic heterocycles. The van der Waals surface area contributed by atoms with Crippen molar-refractivity contribution < 1.29 is 33.1 Å². The van der Waals surface area contributed by atoms with Crippen LogP contribution in [0.3, 0.4) is 0 Å². The summed E-state index contributed by atoms with van der Waals surface area (Å²) in [5.74, 6) is -1.32. The molecule has 0 unspecified atom stereocenters. The molecule has 0 atom stereocenters. The van der Waals surface area contributed by atoms with Crippen molar-refractivity contribution in [3.63, 3.8) is 0 Å². The quantitative estimate of drug-likeness (QED) is 0.0447. The highest BCUT2D eigenvalue weighted by molar-refractivity contribution is 5.87. The molecule has 2 amide bonds.